The molecule has 0 aliphatic carbocycles. The fourth-order valence-corrected chi connectivity index (χ4v) is 2.43. The van der Waals surface area contributed by atoms with Crippen LogP contribution in [0.15, 0.2) is 0 Å². The van der Waals surface area contributed by atoms with Crippen molar-refractivity contribution in [3.63, 3.8) is 0 Å². The van der Waals surface area contributed by atoms with Gasteiger partial charge in [0.1, 0.15) is 0 Å². The first kappa shape index (κ1) is 12.0. The molecule has 2 saturated heterocycles. The number of rotatable bonds is 1. The topological polar surface area (TPSA) is 12.5 Å². The second-order valence-electron chi connectivity index (χ2n) is 4.07. The highest BCUT2D eigenvalue weighted by Crippen LogP contribution is 2.35. The van der Waals surface area contributed by atoms with E-state index < -0.39 is 0 Å². The average molecular weight is 199 g/mol. The lowest BCUT2D eigenvalue weighted by molar-refractivity contribution is -0.0424. The third-order valence-corrected chi connectivity index (χ3v) is 3.40. The minimum atomic E-state index is 0.311. The molecule has 2 aliphatic rings. The quantitative estimate of drug-likeness (QED) is 0.644. The lowest BCUT2D eigenvalue weighted by atomic mass is 9.89. The predicted octanol–water partition coefficient (Wildman–Crippen LogP) is 2.68. The standard InChI is InChI=1S/C10H19NO.C2H6/c1-2-11-7-5-10(6-8-11)4-3-9-12-10;1-2/h2-9H2,1H3;1-2H3. The molecule has 2 fully saturated rings. The molecule has 1 spiro atoms. The van der Waals surface area contributed by atoms with Gasteiger partial charge in [0.2, 0.25) is 0 Å². The molecule has 0 aromatic rings. The van der Waals surface area contributed by atoms with Crippen LogP contribution in [0.5, 0.6) is 0 Å². The summed E-state index contributed by atoms with van der Waals surface area (Å²) < 4.78 is 5.85. The van der Waals surface area contributed by atoms with E-state index in [4.69, 9.17) is 4.74 Å². The molecule has 14 heavy (non-hydrogen) atoms. The van der Waals surface area contributed by atoms with Crippen LogP contribution in [0.2, 0.25) is 0 Å². The molecule has 2 nitrogen and oxygen atoms in total. The van der Waals surface area contributed by atoms with E-state index in [0.717, 1.165) is 6.61 Å². The molecule has 0 saturated carbocycles. The third-order valence-electron chi connectivity index (χ3n) is 3.40. The first-order valence-electron chi connectivity index (χ1n) is 6.21. The lowest BCUT2D eigenvalue weighted by Crippen LogP contribution is -2.43. The molecule has 0 bridgehead atoms. The Labute approximate surface area is 88.6 Å². The van der Waals surface area contributed by atoms with Crippen molar-refractivity contribution in [3.05, 3.63) is 0 Å². The van der Waals surface area contributed by atoms with E-state index >= 15 is 0 Å². The summed E-state index contributed by atoms with van der Waals surface area (Å²) in [6.45, 7) is 10.9. The summed E-state index contributed by atoms with van der Waals surface area (Å²) in [7, 11) is 0. The van der Waals surface area contributed by atoms with Crippen LogP contribution in [0.3, 0.4) is 0 Å². The van der Waals surface area contributed by atoms with E-state index in [0.29, 0.717) is 5.60 Å². The Hall–Kier alpha value is -0.0800. The van der Waals surface area contributed by atoms with E-state index in [1.54, 1.807) is 0 Å². The van der Waals surface area contributed by atoms with Crippen molar-refractivity contribution >= 4 is 0 Å². The van der Waals surface area contributed by atoms with Gasteiger partial charge in [0.15, 0.2) is 0 Å². The maximum absolute atomic E-state index is 5.85. The average Bonchev–Trinajstić information content (AvgIpc) is 2.71. The normalized spacial score (nSPS) is 25.9. The zero-order valence-corrected chi connectivity index (χ0v) is 10.0. The van der Waals surface area contributed by atoms with Crippen LogP contribution in [-0.4, -0.2) is 36.7 Å². The van der Waals surface area contributed by atoms with Crippen molar-refractivity contribution in [3.8, 4) is 0 Å². The Morgan fingerprint density at radius 3 is 2.21 bits per heavy atom. The summed E-state index contributed by atoms with van der Waals surface area (Å²) in [6, 6.07) is 0. The number of hydrogen-bond acceptors (Lipinski definition) is 2. The third kappa shape index (κ3) is 2.71. The highest BCUT2D eigenvalue weighted by atomic mass is 16.5. The van der Waals surface area contributed by atoms with Gasteiger partial charge >= 0.3 is 0 Å². The van der Waals surface area contributed by atoms with E-state index in [9.17, 15) is 0 Å². The Morgan fingerprint density at radius 1 is 1.14 bits per heavy atom. The maximum Gasteiger partial charge on any atom is 0.0707 e. The summed E-state index contributed by atoms with van der Waals surface area (Å²) in [4.78, 5) is 2.52. The van der Waals surface area contributed by atoms with Crippen molar-refractivity contribution in [2.45, 2.75) is 52.1 Å². The smallest absolute Gasteiger partial charge is 0.0707 e. The summed E-state index contributed by atoms with van der Waals surface area (Å²) in [5.41, 5.74) is 0.311. The van der Waals surface area contributed by atoms with Crippen molar-refractivity contribution in [2.24, 2.45) is 0 Å². The van der Waals surface area contributed by atoms with Gasteiger partial charge in [-0.15, -0.1) is 0 Å². The largest absolute Gasteiger partial charge is 0.375 e. The molecule has 2 aliphatic heterocycles. The molecule has 0 radical (unpaired) electrons. The van der Waals surface area contributed by atoms with Crippen LogP contribution < -0.4 is 0 Å². The predicted molar refractivity (Wildman–Crippen MR) is 60.6 cm³/mol. The van der Waals surface area contributed by atoms with E-state index in [1.165, 1.54) is 45.3 Å². The minimum absolute atomic E-state index is 0.311. The minimum Gasteiger partial charge on any atom is -0.375 e. The van der Waals surface area contributed by atoms with Gasteiger partial charge in [-0.3, -0.25) is 0 Å². The monoisotopic (exact) mass is 199 g/mol. The summed E-state index contributed by atoms with van der Waals surface area (Å²) in [5, 5.41) is 0. The molecule has 0 aromatic carbocycles. The molecule has 0 unspecified atom stereocenters. The van der Waals surface area contributed by atoms with E-state index in [2.05, 4.69) is 11.8 Å². The maximum atomic E-state index is 5.85. The summed E-state index contributed by atoms with van der Waals surface area (Å²) >= 11 is 0. The Balaban J connectivity index is 0.000000461. The summed E-state index contributed by atoms with van der Waals surface area (Å²) in [5.74, 6) is 0. The number of hydrogen-bond donors (Lipinski definition) is 0. The number of piperidine rings is 1. The van der Waals surface area contributed by atoms with Gasteiger partial charge in [0.05, 0.1) is 5.60 Å². The van der Waals surface area contributed by atoms with Crippen LogP contribution in [0.4, 0.5) is 0 Å². The first-order valence-corrected chi connectivity index (χ1v) is 6.21. The van der Waals surface area contributed by atoms with Gasteiger partial charge in [0.25, 0.3) is 0 Å². The zero-order chi connectivity index (χ0) is 10.4. The zero-order valence-electron chi connectivity index (χ0n) is 10.0. The number of nitrogens with zero attached hydrogens (tertiary/aromatic N) is 1. The van der Waals surface area contributed by atoms with Gasteiger partial charge in [0, 0.05) is 19.7 Å². The molecule has 2 rings (SSSR count). The molecule has 2 heterocycles. The molecular formula is C12H25NO. The highest BCUT2D eigenvalue weighted by molar-refractivity contribution is 4.90. The van der Waals surface area contributed by atoms with Gasteiger partial charge < -0.3 is 9.64 Å². The van der Waals surface area contributed by atoms with Crippen molar-refractivity contribution in [2.75, 3.05) is 26.2 Å². The van der Waals surface area contributed by atoms with Crippen LogP contribution in [-0.2, 0) is 4.74 Å². The Kier molecular flexibility index (Phi) is 4.90. The summed E-state index contributed by atoms with van der Waals surface area (Å²) in [6.07, 6.45) is 5.12. The van der Waals surface area contributed by atoms with Crippen molar-refractivity contribution in [1.82, 2.24) is 4.90 Å². The van der Waals surface area contributed by atoms with Crippen molar-refractivity contribution in [1.29, 1.82) is 0 Å². The first-order chi connectivity index (χ1) is 6.85. The Bertz CT molecular complexity index is 142. The molecular weight excluding hydrogens is 174 g/mol. The van der Waals surface area contributed by atoms with E-state index in [1.807, 2.05) is 13.8 Å². The lowest BCUT2D eigenvalue weighted by Gasteiger charge is -2.38. The fraction of sp³-hybridized carbons (Fsp3) is 1.00. The van der Waals surface area contributed by atoms with E-state index in [-0.39, 0.29) is 0 Å². The number of likely N-dealkylation sites (tertiary alicyclic amines) is 1. The molecule has 0 atom stereocenters. The van der Waals surface area contributed by atoms with Crippen LogP contribution in [0.25, 0.3) is 0 Å². The fourth-order valence-electron chi connectivity index (χ4n) is 2.43. The van der Waals surface area contributed by atoms with Gasteiger partial charge in [-0.05, 0) is 32.2 Å². The second kappa shape index (κ2) is 5.72. The SMILES string of the molecule is CC.CCN1CCC2(CCCO2)CC1. The number of ether oxygens (including phenoxy) is 1. The molecule has 2 heteroatoms. The van der Waals surface area contributed by atoms with Crippen LogP contribution in [0.1, 0.15) is 46.5 Å². The molecule has 84 valence electrons. The van der Waals surface area contributed by atoms with Crippen molar-refractivity contribution < 1.29 is 4.74 Å². The molecule has 0 aromatic heterocycles. The second-order valence-corrected chi connectivity index (χ2v) is 4.07. The van der Waals surface area contributed by atoms with Crippen LogP contribution in [0, 0.1) is 0 Å². The van der Waals surface area contributed by atoms with Gasteiger partial charge in [-0.1, -0.05) is 20.8 Å². The molecule has 0 amide bonds. The highest BCUT2D eigenvalue weighted by Gasteiger charge is 2.37. The Morgan fingerprint density at radius 2 is 1.79 bits per heavy atom. The van der Waals surface area contributed by atoms with Crippen LogP contribution >= 0.6 is 0 Å². The van der Waals surface area contributed by atoms with Gasteiger partial charge in [-0.25, -0.2) is 0 Å². The molecule has 0 N–H and O–H groups in total. The van der Waals surface area contributed by atoms with Gasteiger partial charge in [-0.2, -0.15) is 0 Å².